The minimum absolute atomic E-state index is 0.0643. The summed E-state index contributed by atoms with van der Waals surface area (Å²) in [4.78, 5) is 22.6. The van der Waals surface area contributed by atoms with Gasteiger partial charge in [0.1, 0.15) is 0 Å². The summed E-state index contributed by atoms with van der Waals surface area (Å²) in [5.41, 5.74) is 0. The SMILES string of the molecule is CC(=O)N1CCC(N=O)CC1. The molecule has 0 radical (unpaired) electrons. The maximum absolute atomic E-state index is 10.8. The van der Waals surface area contributed by atoms with Crippen LogP contribution in [0.4, 0.5) is 0 Å². The van der Waals surface area contributed by atoms with Gasteiger partial charge in [-0.25, -0.2) is 0 Å². The van der Waals surface area contributed by atoms with Crippen molar-refractivity contribution in [2.75, 3.05) is 13.1 Å². The predicted molar refractivity (Wildman–Crippen MR) is 41.1 cm³/mol. The van der Waals surface area contributed by atoms with Gasteiger partial charge in [0.2, 0.25) is 5.91 Å². The minimum atomic E-state index is -0.0643. The molecular weight excluding hydrogens is 144 g/mol. The van der Waals surface area contributed by atoms with Crippen LogP contribution in [0.25, 0.3) is 0 Å². The lowest BCUT2D eigenvalue weighted by molar-refractivity contribution is -0.129. The van der Waals surface area contributed by atoms with Crippen LogP contribution in [0.2, 0.25) is 0 Å². The number of carbonyl (C=O) groups excluding carboxylic acids is 1. The van der Waals surface area contributed by atoms with Gasteiger partial charge in [-0.15, -0.1) is 0 Å². The molecule has 1 amide bonds. The molecule has 0 N–H and O–H groups in total. The predicted octanol–water partition coefficient (Wildman–Crippen LogP) is 0.764. The highest BCUT2D eigenvalue weighted by molar-refractivity contribution is 5.73. The monoisotopic (exact) mass is 156 g/mol. The number of likely N-dealkylation sites (tertiary alicyclic amines) is 1. The Kier molecular flexibility index (Phi) is 2.57. The summed E-state index contributed by atoms with van der Waals surface area (Å²) >= 11 is 0. The molecule has 1 aliphatic rings. The van der Waals surface area contributed by atoms with Gasteiger partial charge < -0.3 is 4.90 Å². The first-order chi connectivity index (χ1) is 5.24. The zero-order valence-electron chi connectivity index (χ0n) is 6.62. The molecule has 0 bridgehead atoms. The van der Waals surface area contributed by atoms with Crippen LogP contribution >= 0.6 is 0 Å². The molecule has 62 valence electrons. The molecule has 1 fully saturated rings. The minimum Gasteiger partial charge on any atom is -0.343 e. The number of hydrogen-bond acceptors (Lipinski definition) is 3. The van der Waals surface area contributed by atoms with Gasteiger partial charge in [0, 0.05) is 20.0 Å². The fourth-order valence-corrected chi connectivity index (χ4v) is 1.29. The lowest BCUT2D eigenvalue weighted by Gasteiger charge is -2.27. The van der Waals surface area contributed by atoms with Crippen LogP contribution in [0.5, 0.6) is 0 Å². The molecule has 11 heavy (non-hydrogen) atoms. The molecule has 1 aliphatic heterocycles. The van der Waals surface area contributed by atoms with E-state index in [2.05, 4.69) is 5.18 Å². The highest BCUT2D eigenvalue weighted by atomic mass is 16.3. The van der Waals surface area contributed by atoms with Gasteiger partial charge in [-0.05, 0) is 12.8 Å². The van der Waals surface area contributed by atoms with Crippen LogP contribution < -0.4 is 0 Å². The van der Waals surface area contributed by atoms with E-state index in [4.69, 9.17) is 0 Å². The molecule has 1 rings (SSSR count). The van der Waals surface area contributed by atoms with Crippen molar-refractivity contribution < 1.29 is 4.79 Å². The van der Waals surface area contributed by atoms with Crippen molar-refractivity contribution in [1.82, 2.24) is 4.90 Å². The van der Waals surface area contributed by atoms with Gasteiger partial charge in [-0.2, -0.15) is 4.91 Å². The number of piperidine rings is 1. The topological polar surface area (TPSA) is 49.7 Å². The molecule has 0 aromatic heterocycles. The Morgan fingerprint density at radius 3 is 2.36 bits per heavy atom. The van der Waals surface area contributed by atoms with Crippen molar-refractivity contribution in [3.05, 3.63) is 4.91 Å². The second-order valence-electron chi connectivity index (χ2n) is 2.84. The van der Waals surface area contributed by atoms with E-state index in [0.717, 1.165) is 12.8 Å². The quantitative estimate of drug-likeness (QED) is 0.526. The van der Waals surface area contributed by atoms with E-state index < -0.39 is 0 Å². The van der Waals surface area contributed by atoms with E-state index in [-0.39, 0.29) is 11.9 Å². The molecule has 0 unspecified atom stereocenters. The largest absolute Gasteiger partial charge is 0.343 e. The van der Waals surface area contributed by atoms with E-state index in [9.17, 15) is 9.70 Å². The summed E-state index contributed by atoms with van der Waals surface area (Å²) in [7, 11) is 0. The summed E-state index contributed by atoms with van der Waals surface area (Å²) in [6, 6.07) is -0.0643. The van der Waals surface area contributed by atoms with E-state index >= 15 is 0 Å². The first-order valence-electron chi connectivity index (χ1n) is 3.82. The third-order valence-electron chi connectivity index (χ3n) is 2.06. The average Bonchev–Trinajstić information content (AvgIpc) is 2.05. The standard InChI is InChI=1S/C7H12N2O2/c1-6(10)9-4-2-7(8-11)3-5-9/h7H,2-5H2,1H3. The molecule has 0 saturated carbocycles. The number of nitroso groups, excluding NO2 is 1. The molecule has 4 heteroatoms. The van der Waals surface area contributed by atoms with Crippen molar-refractivity contribution in [3.8, 4) is 0 Å². The molecular formula is C7H12N2O2. The maximum Gasteiger partial charge on any atom is 0.219 e. The number of rotatable bonds is 1. The lowest BCUT2D eigenvalue weighted by atomic mass is 10.1. The van der Waals surface area contributed by atoms with Gasteiger partial charge >= 0.3 is 0 Å². The molecule has 0 aliphatic carbocycles. The third-order valence-corrected chi connectivity index (χ3v) is 2.06. The fourth-order valence-electron chi connectivity index (χ4n) is 1.29. The van der Waals surface area contributed by atoms with Crippen molar-refractivity contribution >= 4 is 5.91 Å². The Bertz CT molecular complexity index is 162. The highest BCUT2D eigenvalue weighted by Crippen LogP contribution is 2.12. The average molecular weight is 156 g/mol. The Hall–Kier alpha value is -0.930. The summed E-state index contributed by atoms with van der Waals surface area (Å²) in [5, 5.41) is 2.95. The molecule has 0 atom stereocenters. The lowest BCUT2D eigenvalue weighted by Crippen LogP contribution is -2.38. The number of nitrogens with zero attached hydrogens (tertiary/aromatic N) is 2. The van der Waals surface area contributed by atoms with Crippen molar-refractivity contribution in [1.29, 1.82) is 0 Å². The maximum atomic E-state index is 10.8. The van der Waals surface area contributed by atoms with Crippen LogP contribution in [0.3, 0.4) is 0 Å². The summed E-state index contributed by atoms with van der Waals surface area (Å²) in [5.74, 6) is 0.0920. The number of hydrogen-bond donors (Lipinski definition) is 0. The molecule has 4 nitrogen and oxygen atoms in total. The van der Waals surface area contributed by atoms with E-state index in [1.807, 2.05) is 0 Å². The Labute approximate surface area is 65.5 Å². The zero-order valence-corrected chi connectivity index (χ0v) is 6.62. The first kappa shape index (κ1) is 8.17. The van der Waals surface area contributed by atoms with Gasteiger partial charge in [0.15, 0.2) is 0 Å². The Balaban J connectivity index is 2.35. The van der Waals surface area contributed by atoms with Gasteiger partial charge in [-0.3, -0.25) is 4.79 Å². The van der Waals surface area contributed by atoms with Crippen LogP contribution in [0, 0.1) is 4.91 Å². The van der Waals surface area contributed by atoms with Crippen LogP contribution in [0.15, 0.2) is 5.18 Å². The summed E-state index contributed by atoms with van der Waals surface area (Å²) in [6.07, 6.45) is 1.45. The smallest absolute Gasteiger partial charge is 0.219 e. The van der Waals surface area contributed by atoms with Gasteiger partial charge in [0.25, 0.3) is 0 Å². The van der Waals surface area contributed by atoms with Gasteiger partial charge in [-0.1, -0.05) is 5.18 Å². The third kappa shape index (κ3) is 2.00. The molecule has 0 spiro atoms. The summed E-state index contributed by atoms with van der Waals surface area (Å²) < 4.78 is 0. The van der Waals surface area contributed by atoms with Crippen LogP contribution in [-0.2, 0) is 4.79 Å². The number of amides is 1. The molecule has 1 saturated heterocycles. The number of carbonyl (C=O) groups is 1. The Morgan fingerprint density at radius 2 is 2.00 bits per heavy atom. The van der Waals surface area contributed by atoms with Crippen LogP contribution in [-0.4, -0.2) is 29.9 Å². The zero-order chi connectivity index (χ0) is 8.27. The second-order valence-corrected chi connectivity index (χ2v) is 2.84. The second kappa shape index (κ2) is 3.46. The van der Waals surface area contributed by atoms with Crippen LogP contribution in [0.1, 0.15) is 19.8 Å². The van der Waals surface area contributed by atoms with Gasteiger partial charge in [0.05, 0.1) is 6.04 Å². The van der Waals surface area contributed by atoms with E-state index in [1.54, 1.807) is 11.8 Å². The van der Waals surface area contributed by atoms with E-state index in [0.29, 0.717) is 13.1 Å². The van der Waals surface area contributed by atoms with Crippen molar-refractivity contribution in [2.24, 2.45) is 5.18 Å². The first-order valence-corrected chi connectivity index (χ1v) is 3.82. The summed E-state index contributed by atoms with van der Waals surface area (Å²) in [6.45, 7) is 2.92. The Morgan fingerprint density at radius 1 is 1.45 bits per heavy atom. The fraction of sp³-hybridized carbons (Fsp3) is 0.857. The van der Waals surface area contributed by atoms with Crippen molar-refractivity contribution in [2.45, 2.75) is 25.8 Å². The molecule has 0 aromatic carbocycles. The van der Waals surface area contributed by atoms with E-state index in [1.165, 1.54) is 0 Å². The molecule has 1 heterocycles. The molecule has 0 aromatic rings. The van der Waals surface area contributed by atoms with Crippen molar-refractivity contribution in [3.63, 3.8) is 0 Å². The highest BCUT2D eigenvalue weighted by Gasteiger charge is 2.20. The normalized spacial score (nSPS) is 19.9.